The lowest BCUT2D eigenvalue weighted by Crippen LogP contribution is -2.53. The molecule has 2 unspecified atom stereocenters. The SMILES string of the molecule is CCC(=O)N(c1ccccc1)C1CCN(CCN(C)c2ccccc2)CC1C. The second kappa shape index (κ2) is 9.74. The number of anilines is 2. The maximum atomic E-state index is 12.7. The Labute approximate surface area is 169 Å². The van der Waals surface area contributed by atoms with Crippen LogP contribution in [0.1, 0.15) is 26.7 Å². The van der Waals surface area contributed by atoms with E-state index in [1.54, 1.807) is 0 Å². The van der Waals surface area contributed by atoms with Crippen molar-refractivity contribution in [2.24, 2.45) is 5.92 Å². The summed E-state index contributed by atoms with van der Waals surface area (Å²) in [7, 11) is 2.16. The van der Waals surface area contributed by atoms with Gasteiger partial charge in [0.05, 0.1) is 0 Å². The van der Waals surface area contributed by atoms with E-state index >= 15 is 0 Å². The minimum absolute atomic E-state index is 0.223. The molecule has 0 N–H and O–H groups in total. The largest absolute Gasteiger partial charge is 0.373 e. The molecule has 4 heteroatoms. The third-order valence-electron chi connectivity index (χ3n) is 5.83. The molecule has 0 spiro atoms. The van der Waals surface area contributed by atoms with Crippen molar-refractivity contribution in [2.75, 3.05) is 43.0 Å². The summed E-state index contributed by atoms with van der Waals surface area (Å²) in [4.78, 5) is 19.6. The molecule has 0 saturated carbocycles. The van der Waals surface area contributed by atoms with E-state index < -0.39 is 0 Å². The normalized spacial score (nSPS) is 20.0. The Balaban J connectivity index is 1.60. The van der Waals surface area contributed by atoms with Crippen molar-refractivity contribution < 1.29 is 4.79 Å². The van der Waals surface area contributed by atoms with Crippen LogP contribution in [0, 0.1) is 5.92 Å². The first kappa shape index (κ1) is 20.4. The van der Waals surface area contributed by atoms with Gasteiger partial charge in [0.1, 0.15) is 0 Å². The van der Waals surface area contributed by atoms with Gasteiger partial charge in [0.2, 0.25) is 5.91 Å². The molecule has 4 nitrogen and oxygen atoms in total. The van der Waals surface area contributed by atoms with Crippen LogP contribution in [0.25, 0.3) is 0 Å². The van der Waals surface area contributed by atoms with E-state index in [2.05, 4.69) is 71.1 Å². The van der Waals surface area contributed by atoms with E-state index in [4.69, 9.17) is 0 Å². The van der Waals surface area contributed by atoms with Crippen molar-refractivity contribution >= 4 is 17.3 Å². The highest BCUT2D eigenvalue weighted by atomic mass is 16.2. The lowest BCUT2D eigenvalue weighted by Gasteiger charge is -2.43. The number of benzene rings is 2. The average Bonchev–Trinajstić information content (AvgIpc) is 2.74. The van der Waals surface area contributed by atoms with Crippen LogP contribution < -0.4 is 9.80 Å². The fourth-order valence-electron chi connectivity index (χ4n) is 4.19. The first-order valence-electron chi connectivity index (χ1n) is 10.5. The summed E-state index contributed by atoms with van der Waals surface area (Å²) in [6.45, 7) is 8.38. The van der Waals surface area contributed by atoms with E-state index in [-0.39, 0.29) is 11.9 Å². The van der Waals surface area contributed by atoms with Gasteiger partial charge in [-0.2, -0.15) is 0 Å². The molecule has 0 aliphatic carbocycles. The molecule has 1 aliphatic heterocycles. The molecule has 1 saturated heterocycles. The number of likely N-dealkylation sites (N-methyl/N-ethyl adjacent to an activating group) is 1. The zero-order valence-electron chi connectivity index (χ0n) is 17.4. The Morgan fingerprint density at radius 1 is 1.04 bits per heavy atom. The molecule has 0 bridgehead atoms. The zero-order valence-corrected chi connectivity index (χ0v) is 17.4. The van der Waals surface area contributed by atoms with Gasteiger partial charge in [-0.3, -0.25) is 4.79 Å². The summed E-state index contributed by atoms with van der Waals surface area (Å²) in [6, 6.07) is 21.0. The standard InChI is InChI=1S/C24H33N3O/c1-4-24(28)27(22-13-9-6-10-14-22)23-15-16-26(19-20(23)2)18-17-25(3)21-11-7-5-8-12-21/h5-14,20,23H,4,15-19H2,1-3H3. The van der Waals surface area contributed by atoms with Crippen molar-refractivity contribution in [1.29, 1.82) is 0 Å². The molecular weight excluding hydrogens is 346 g/mol. The fraction of sp³-hybridized carbons (Fsp3) is 0.458. The summed E-state index contributed by atoms with van der Waals surface area (Å²) in [5, 5.41) is 0. The van der Waals surface area contributed by atoms with Crippen LogP contribution in [0.15, 0.2) is 60.7 Å². The number of carbonyl (C=O) groups is 1. The number of para-hydroxylation sites is 2. The minimum atomic E-state index is 0.223. The van der Waals surface area contributed by atoms with E-state index in [1.165, 1.54) is 5.69 Å². The smallest absolute Gasteiger partial charge is 0.226 e. The zero-order chi connectivity index (χ0) is 19.9. The van der Waals surface area contributed by atoms with Crippen LogP contribution in [0.4, 0.5) is 11.4 Å². The second-order valence-corrected chi connectivity index (χ2v) is 7.84. The van der Waals surface area contributed by atoms with Crippen molar-refractivity contribution in [3.63, 3.8) is 0 Å². The molecular formula is C24H33N3O. The van der Waals surface area contributed by atoms with Crippen LogP contribution in [0.5, 0.6) is 0 Å². The lowest BCUT2D eigenvalue weighted by atomic mass is 9.91. The summed E-state index contributed by atoms with van der Waals surface area (Å²) in [5.41, 5.74) is 2.29. The van der Waals surface area contributed by atoms with Gasteiger partial charge in [0.25, 0.3) is 0 Å². The predicted octanol–water partition coefficient (Wildman–Crippen LogP) is 4.28. The predicted molar refractivity (Wildman–Crippen MR) is 118 cm³/mol. The topological polar surface area (TPSA) is 26.8 Å². The van der Waals surface area contributed by atoms with Crippen LogP contribution in [0.2, 0.25) is 0 Å². The van der Waals surface area contributed by atoms with Crippen molar-refractivity contribution in [2.45, 2.75) is 32.7 Å². The average molecular weight is 380 g/mol. The first-order chi connectivity index (χ1) is 13.6. The molecule has 0 radical (unpaired) electrons. The molecule has 1 heterocycles. The number of carbonyl (C=O) groups excluding carboxylic acids is 1. The van der Waals surface area contributed by atoms with Gasteiger partial charge in [-0.05, 0) is 36.6 Å². The molecule has 150 valence electrons. The van der Waals surface area contributed by atoms with Gasteiger partial charge in [-0.25, -0.2) is 0 Å². The summed E-state index contributed by atoms with van der Waals surface area (Å²) in [5.74, 6) is 0.673. The number of likely N-dealkylation sites (tertiary alicyclic amines) is 1. The maximum absolute atomic E-state index is 12.7. The van der Waals surface area contributed by atoms with Crippen LogP contribution >= 0.6 is 0 Å². The fourth-order valence-corrected chi connectivity index (χ4v) is 4.19. The molecule has 2 atom stereocenters. The van der Waals surface area contributed by atoms with E-state index in [0.29, 0.717) is 12.3 Å². The van der Waals surface area contributed by atoms with Crippen LogP contribution in [-0.2, 0) is 4.79 Å². The lowest BCUT2D eigenvalue weighted by molar-refractivity contribution is -0.119. The van der Waals surface area contributed by atoms with Gasteiger partial charge >= 0.3 is 0 Å². The number of hydrogen-bond acceptors (Lipinski definition) is 3. The quantitative estimate of drug-likeness (QED) is 0.718. The molecule has 0 aromatic heterocycles. The van der Waals surface area contributed by atoms with Crippen LogP contribution in [0.3, 0.4) is 0 Å². The van der Waals surface area contributed by atoms with Gasteiger partial charge in [0.15, 0.2) is 0 Å². The highest BCUT2D eigenvalue weighted by molar-refractivity contribution is 5.93. The van der Waals surface area contributed by atoms with Gasteiger partial charge < -0.3 is 14.7 Å². The number of hydrogen-bond donors (Lipinski definition) is 0. The second-order valence-electron chi connectivity index (χ2n) is 7.84. The monoisotopic (exact) mass is 379 g/mol. The van der Waals surface area contributed by atoms with E-state index in [9.17, 15) is 4.79 Å². The molecule has 2 aromatic carbocycles. The van der Waals surface area contributed by atoms with Crippen molar-refractivity contribution in [3.05, 3.63) is 60.7 Å². The number of piperidine rings is 1. The van der Waals surface area contributed by atoms with Crippen LogP contribution in [-0.4, -0.2) is 50.1 Å². The Morgan fingerprint density at radius 3 is 2.21 bits per heavy atom. The minimum Gasteiger partial charge on any atom is -0.373 e. The number of nitrogens with zero attached hydrogens (tertiary/aromatic N) is 3. The van der Waals surface area contributed by atoms with Gasteiger partial charge in [-0.1, -0.05) is 50.2 Å². The first-order valence-corrected chi connectivity index (χ1v) is 10.5. The molecule has 3 rings (SSSR count). The molecule has 28 heavy (non-hydrogen) atoms. The molecule has 2 aromatic rings. The van der Waals surface area contributed by atoms with E-state index in [1.807, 2.05) is 25.1 Å². The van der Waals surface area contributed by atoms with Crippen molar-refractivity contribution in [3.8, 4) is 0 Å². The highest BCUT2D eigenvalue weighted by Crippen LogP contribution is 2.28. The Hall–Kier alpha value is -2.33. The Bertz CT molecular complexity index is 734. The van der Waals surface area contributed by atoms with Gasteiger partial charge in [0, 0.05) is 57.1 Å². The molecule has 1 fully saturated rings. The summed E-state index contributed by atoms with van der Waals surface area (Å²) in [6.07, 6.45) is 1.57. The number of amides is 1. The maximum Gasteiger partial charge on any atom is 0.226 e. The number of rotatable bonds is 7. The summed E-state index contributed by atoms with van der Waals surface area (Å²) < 4.78 is 0. The van der Waals surface area contributed by atoms with Gasteiger partial charge in [-0.15, -0.1) is 0 Å². The third kappa shape index (κ3) is 4.93. The third-order valence-corrected chi connectivity index (χ3v) is 5.83. The molecule has 1 amide bonds. The summed E-state index contributed by atoms with van der Waals surface area (Å²) >= 11 is 0. The highest BCUT2D eigenvalue weighted by Gasteiger charge is 2.33. The Morgan fingerprint density at radius 2 is 1.64 bits per heavy atom. The van der Waals surface area contributed by atoms with E-state index in [0.717, 1.165) is 38.3 Å². The Kier molecular flexibility index (Phi) is 7.10. The molecule has 1 aliphatic rings. The van der Waals surface area contributed by atoms with Crippen molar-refractivity contribution in [1.82, 2.24) is 4.90 Å².